The molecular formula is C25H18BrClO5. The minimum absolute atomic E-state index is 0.170. The second-order valence-electron chi connectivity index (χ2n) is 7.53. The largest absolute Gasteiger partial charge is 0.489 e. The Labute approximate surface area is 198 Å². The molecule has 0 saturated carbocycles. The number of hydrogen-bond acceptors (Lipinski definition) is 5. The van der Waals surface area contributed by atoms with Crippen LogP contribution in [0.4, 0.5) is 0 Å². The van der Waals surface area contributed by atoms with Crippen molar-refractivity contribution in [2.75, 3.05) is 6.79 Å². The third-order valence-electron chi connectivity index (χ3n) is 5.29. The summed E-state index contributed by atoms with van der Waals surface area (Å²) in [5.41, 5.74) is 3.86. The highest BCUT2D eigenvalue weighted by Crippen LogP contribution is 2.40. The van der Waals surface area contributed by atoms with Gasteiger partial charge in [-0.1, -0.05) is 45.7 Å². The van der Waals surface area contributed by atoms with E-state index in [0.29, 0.717) is 41.0 Å². The molecule has 0 N–H and O–H groups in total. The van der Waals surface area contributed by atoms with Crippen LogP contribution in [0.2, 0.25) is 5.02 Å². The molecule has 0 fully saturated rings. The molecule has 0 bridgehead atoms. The van der Waals surface area contributed by atoms with E-state index in [9.17, 15) is 4.79 Å². The molecule has 0 aromatic heterocycles. The van der Waals surface area contributed by atoms with Crippen molar-refractivity contribution in [1.82, 2.24) is 0 Å². The lowest BCUT2D eigenvalue weighted by molar-refractivity contribution is -0.0165. The number of allylic oxidation sites excluding steroid dienone is 1. The van der Waals surface area contributed by atoms with Crippen molar-refractivity contribution >= 4 is 39.4 Å². The molecule has 7 heteroatoms. The SMILES string of the molecule is Cc1cc(OCc2ccccc2Cl)cc2c1C(=O)/C(=C/c1cc(Br)cc3c1OCOC3)O2. The summed E-state index contributed by atoms with van der Waals surface area (Å²) in [6.07, 6.45) is 1.71. The molecule has 3 aromatic carbocycles. The summed E-state index contributed by atoms with van der Waals surface area (Å²) in [6.45, 7) is 2.81. The summed E-state index contributed by atoms with van der Waals surface area (Å²) in [5, 5.41) is 0.645. The average molecular weight is 514 g/mol. The second-order valence-corrected chi connectivity index (χ2v) is 8.85. The van der Waals surface area contributed by atoms with Crippen molar-refractivity contribution in [3.63, 3.8) is 0 Å². The summed E-state index contributed by atoms with van der Waals surface area (Å²) < 4.78 is 23.8. The second kappa shape index (κ2) is 8.62. The summed E-state index contributed by atoms with van der Waals surface area (Å²) in [4.78, 5) is 13.1. The van der Waals surface area contributed by atoms with E-state index in [2.05, 4.69) is 15.9 Å². The van der Waals surface area contributed by atoms with Crippen LogP contribution in [0, 0.1) is 6.92 Å². The van der Waals surface area contributed by atoms with Crippen LogP contribution in [0.25, 0.3) is 6.08 Å². The monoisotopic (exact) mass is 512 g/mol. The number of ketones is 1. The van der Waals surface area contributed by atoms with Crippen molar-refractivity contribution in [3.05, 3.63) is 91.6 Å². The van der Waals surface area contributed by atoms with E-state index in [1.54, 1.807) is 12.1 Å². The average Bonchev–Trinajstić information content (AvgIpc) is 3.08. The number of Topliss-reactive ketones (excluding diaryl/α,β-unsaturated/α-hetero) is 1. The molecule has 5 nitrogen and oxygen atoms in total. The predicted molar refractivity (Wildman–Crippen MR) is 124 cm³/mol. The number of benzene rings is 3. The van der Waals surface area contributed by atoms with Crippen LogP contribution in [-0.4, -0.2) is 12.6 Å². The first-order chi connectivity index (χ1) is 15.5. The van der Waals surface area contributed by atoms with Crippen molar-refractivity contribution in [1.29, 1.82) is 0 Å². The molecule has 162 valence electrons. The van der Waals surface area contributed by atoms with E-state index in [0.717, 1.165) is 26.7 Å². The molecular weight excluding hydrogens is 496 g/mol. The first kappa shape index (κ1) is 21.1. The topological polar surface area (TPSA) is 54.0 Å². The Bertz CT molecular complexity index is 1270. The molecule has 5 rings (SSSR count). The van der Waals surface area contributed by atoms with Gasteiger partial charge in [0.05, 0.1) is 12.2 Å². The Morgan fingerprint density at radius 2 is 2.03 bits per heavy atom. The Balaban J connectivity index is 1.43. The lowest BCUT2D eigenvalue weighted by Crippen LogP contribution is -2.12. The third-order valence-corrected chi connectivity index (χ3v) is 6.11. The van der Waals surface area contributed by atoms with Gasteiger partial charge in [-0.25, -0.2) is 0 Å². The number of ether oxygens (including phenoxy) is 4. The summed E-state index contributed by atoms with van der Waals surface area (Å²) in [7, 11) is 0. The lowest BCUT2D eigenvalue weighted by Gasteiger charge is -2.20. The maximum absolute atomic E-state index is 13.1. The Hall–Kier alpha value is -2.80. The van der Waals surface area contributed by atoms with E-state index in [1.165, 1.54) is 0 Å². The highest BCUT2D eigenvalue weighted by Gasteiger charge is 2.30. The van der Waals surface area contributed by atoms with Gasteiger partial charge >= 0.3 is 0 Å². The molecule has 0 atom stereocenters. The molecule has 0 amide bonds. The highest BCUT2D eigenvalue weighted by atomic mass is 79.9. The molecule has 0 spiro atoms. The lowest BCUT2D eigenvalue weighted by atomic mass is 10.0. The number of rotatable bonds is 4. The molecule has 2 heterocycles. The Kier molecular flexibility index (Phi) is 5.67. The maximum Gasteiger partial charge on any atom is 0.232 e. The van der Waals surface area contributed by atoms with Crippen molar-refractivity contribution in [2.24, 2.45) is 0 Å². The zero-order valence-electron chi connectivity index (χ0n) is 17.1. The van der Waals surface area contributed by atoms with E-state index >= 15 is 0 Å². The fraction of sp³-hybridized carbons (Fsp3) is 0.160. The van der Waals surface area contributed by atoms with E-state index in [-0.39, 0.29) is 18.3 Å². The van der Waals surface area contributed by atoms with E-state index in [1.807, 2.05) is 49.4 Å². The van der Waals surface area contributed by atoms with Gasteiger partial charge in [0.1, 0.15) is 23.9 Å². The number of halogens is 2. The maximum atomic E-state index is 13.1. The zero-order chi connectivity index (χ0) is 22.2. The van der Waals surface area contributed by atoms with Crippen LogP contribution in [0.3, 0.4) is 0 Å². The molecule has 0 radical (unpaired) electrons. The molecule has 2 aliphatic rings. The minimum Gasteiger partial charge on any atom is -0.489 e. The van der Waals surface area contributed by atoms with Crippen LogP contribution in [0.15, 0.2) is 58.8 Å². The third kappa shape index (κ3) is 4.01. The number of carbonyl (C=O) groups excluding carboxylic acids is 1. The van der Waals surface area contributed by atoms with Crippen LogP contribution >= 0.6 is 27.5 Å². The van der Waals surface area contributed by atoms with Gasteiger partial charge < -0.3 is 18.9 Å². The number of aryl methyl sites for hydroxylation is 1. The Morgan fingerprint density at radius 1 is 1.19 bits per heavy atom. The first-order valence-electron chi connectivity index (χ1n) is 9.97. The van der Waals surface area contributed by atoms with Crippen molar-refractivity contribution < 1.29 is 23.7 Å². The highest BCUT2D eigenvalue weighted by molar-refractivity contribution is 9.10. The summed E-state index contributed by atoms with van der Waals surface area (Å²) >= 11 is 9.72. The van der Waals surface area contributed by atoms with Gasteiger partial charge in [0.2, 0.25) is 5.78 Å². The quantitative estimate of drug-likeness (QED) is 0.374. The number of fused-ring (bicyclic) bond motifs is 2. The first-order valence-corrected chi connectivity index (χ1v) is 11.1. The van der Waals surface area contributed by atoms with Gasteiger partial charge in [-0.3, -0.25) is 4.79 Å². The van der Waals surface area contributed by atoms with Crippen LogP contribution in [-0.2, 0) is 18.0 Å². The van der Waals surface area contributed by atoms with Crippen LogP contribution < -0.4 is 14.2 Å². The van der Waals surface area contributed by atoms with Gasteiger partial charge in [0.15, 0.2) is 12.6 Å². The Morgan fingerprint density at radius 3 is 2.88 bits per heavy atom. The van der Waals surface area contributed by atoms with Crippen LogP contribution in [0.5, 0.6) is 17.2 Å². The predicted octanol–water partition coefficient (Wildman–Crippen LogP) is 6.47. The molecule has 2 aliphatic heterocycles. The van der Waals surface area contributed by atoms with Gasteiger partial charge in [0, 0.05) is 32.3 Å². The van der Waals surface area contributed by atoms with Gasteiger partial charge in [-0.2, -0.15) is 0 Å². The number of carbonyl (C=O) groups is 1. The van der Waals surface area contributed by atoms with E-state index in [4.69, 9.17) is 30.5 Å². The minimum atomic E-state index is -0.170. The number of hydrogen-bond donors (Lipinski definition) is 0. The van der Waals surface area contributed by atoms with Gasteiger partial charge in [0.25, 0.3) is 0 Å². The fourth-order valence-electron chi connectivity index (χ4n) is 3.79. The molecule has 0 aliphatic carbocycles. The zero-order valence-corrected chi connectivity index (χ0v) is 19.5. The normalized spacial score (nSPS) is 15.7. The smallest absolute Gasteiger partial charge is 0.232 e. The molecule has 0 unspecified atom stereocenters. The molecule has 0 saturated heterocycles. The summed E-state index contributed by atoms with van der Waals surface area (Å²) in [5.74, 6) is 1.84. The molecule has 3 aromatic rings. The van der Waals surface area contributed by atoms with Gasteiger partial charge in [-0.05, 0) is 42.8 Å². The fourth-order valence-corrected chi connectivity index (χ4v) is 4.51. The van der Waals surface area contributed by atoms with Crippen molar-refractivity contribution in [2.45, 2.75) is 20.1 Å². The van der Waals surface area contributed by atoms with Gasteiger partial charge in [-0.15, -0.1) is 0 Å². The standard InChI is InChI=1S/C25H18BrClO5/c1-14-6-19(30-12-15-4-2-3-5-20(15)27)10-21-23(14)24(28)22(32-21)9-16-7-18(26)8-17-11-29-13-31-25(16)17/h2-10H,11-13H2,1H3/b22-9-. The summed E-state index contributed by atoms with van der Waals surface area (Å²) in [6, 6.07) is 14.9. The molecule has 32 heavy (non-hydrogen) atoms. The van der Waals surface area contributed by atoms with Crippen LogP contribution in [0.1, 0.15) is 32.6 Å². The van der Waals surface area contributed by atoms with Crippen molar-refractivity contribution in [3.8, 4) is 17.2 Å². The van der Waals surface area contributed by atoms with E-state index < -0.39 is 0 Å².